The van der Waals surface area contributed by atoms with E-state index in [4.69, 9.17) is 28.6 Å². The van der Waals surface area contributed by atoms with Crippen molar-refractivity contribution in [3.8, 4) is 17.7 Å². The molecule has 0 unspecified atom stereocenters. The van der Waals surface area contributed by atoms with Gasteiger partial charge in [-0.1, -0.05) is 31.9 Å². The van der Waals surface area contributed by atoms with Crippen LogP contribution in [-0.2, 0) is 14.3 Å². The van der Waals surface area contributed by atoms with Crippen molar-refractivity contribution in [3.63, 3.8) is 0 Å². The Kier molecular flexibility index (Phi) is 8.00. The van der Waals surface area contributed by atoms with Crippen LogP contribution in [0.2, 0.25) is 0 Å². The molecular weight excluding hydrogens is 638 g/mol. The molecule has 0 amide bonds. The van der Waals surface area contributed by atoms with Gasteiger partial charge in [-0.15, -0.1) is 10.2 Å². The molecule has 50 heavy (non-hydrogen) atoms. The maximum Gasteiger partial charge on any atom is 0.326 e. The summed E-state index contributed by atoms with van der Waals surface area (Å²) in [4.78, 5) is 30.8. The van der Waals surface area contributed by atoms with Gasteiger partial charge in [0.1, 0.15) is 46.1 Å². The maximum absolute atomic E-state index is 12.8. The van der Waals surface area contributed by atoms with E-state index in [9.17, 15) is 9.90 Å². The fourth-order valence-corrected chi connectivity index (χ4v) is 6.93. The molecule has 8 rings (SSSR count). The topological polar surface area (TPSA) is 149 Å². The number of carboxylic acid groups (broad SMARTS) is 1. The van der Waals surface area contributed by atoms with Crippen molar-refractivity contribution in [2.24, 2.45) is 0 Å². The number of nitrogens with zero attached hydrogens (tertiary/aromatic N) is 7. The average molecular weight is 676 g/mol. The van der Waals surface area contributed by atoms with Crippen LogP contribution in [0.25, 0.3) is 22.1 Å². The molecule has 0 saturated carbocycles. The van der Waals surface area contributed by atoms with E-state index < -0.39 is 23.7 Å². The molecule has 13 heteroatoms. The number of furan rings is 1. The number of fused-ring (bicyclic) bond motifs is 3. The summed E-state index contributed by atoms with van der Waals surface area (Å²) in [5.74, 6) is 6.67. The van der Waals surface area contributed by atoms with Crippen LogP contribution < -0.4 is 14.5 Å². The minimum atomic E-state index is -0.985. The number of aryl methyl sites for hydroxylation is 1. The first-order valence-electron chi connectivity index (χ1n) is 16.9. The lowest BCUT2D eigenvalue weighted by molar-refractivity contribution is -0.228. The molecule has 3 aliphatic heterocycles. The Bertz CT molecular complexity index is 2170. The van der Waals surface area contributed by atoms with Crippen LogP contribution in [0.4, 0.5) is 11.5 Å². The van der Waals surface area contributed by atoms with Gasteiger partial charge in [-0.3, -0.25) is 4.98 Å². The molecule has 3 saturated heterocycles. The van der Waals surface area contributed by atoms with E-state index >= 15 is 0 Å². The van der Waals surface area contributed by atoms with Crippen molar-refractivity contribution in [1.29, 1.82) is 0 Å². The number of carbonyl (C=O) groups is 1. The molecule has 0 bridgehead atoms. The van der Waals surface area contributed by atoms with E-state index in [1.54, 1.807) is 11.1 Å². The van der Waals surface area contributed by atoms with E-state index in [1.807, 2.05) is 63.2 Å². The van der Waals surface area contributed by atoms with Crippen LogP contribution in [0.3, 0.4) is 0 Å². The molecule has 1 aromatic carbocycles. The predicted octanol–water partition coefficient (Wildman–Crippen LogP) is 4.50. The van der Waals surface area contributed by atoms with Gasteiger partial charge < -0.3 is 33.5 Å². The number of morpholine rings is 1. The largest absolute Gasteiger partial charge is 0.480 e. The fourth-order valence-electron chi connectivity index (χ4n) is 6.93. The zero-order valence-corrected chi connectivity index (χ0v) is 28.3. The lowest BCUT2D eigenvalue weighted by Crippen LogP contribution is -2.68. The number of para-hydroxylation sites is 1. The van der Waals surface area contributed by atoms with Crippen molar-refractivity contribution >= 4 is 39.5 Å². The number of anilines is 2. The first-order chi connectivity index (χ1) is 24.2. The van der Waals surface area contributed by atoms with Crippen molar-refractivity contribution in [2.45, 2.75) is 63.8 Å². The smallest absolute Gasteiger partial charge is 0.326 e. The highest BCUT2D eigenvalue weighted by molar-refractivity contribution is 6.06. The van der Waals surface area contributed by atoms with E-state index in [0.717, 1.165) is 16.6 Å². The van der Waals surface area contributed by atoms with Gasteiger partial charge in [0.25, 0.3) is 5.88 Å². The lowest BCUT2D eigenvalue weighted by atomic mass is 9.90. The van der Waals surface area contributed by atoms with Crippen LogP contribution >= 0.6 is 0 Å². The third-order valence-electron chi connectivity index (χ3n) is 9.86. The fraction of sp³-hybridized carbons (Fsp3) is 0.405. The highest BCUT2D eigenvalue weighted by Crippen LogP contribution is 2.41. The average Bonchev–Trinajstić information content (AvgIpc) is 3.69. The van der Waals surface area contributed by atoms with Gasteiger partial charge in [-0.2, -0.15) is 0 Å². The normalized spacial score (nSPS) is 21.4. The number of hydrogen-bond donors (Lipinski definition) is 1. The summed E-state index contributed by atoms with van der Waals surface area (Å²) in [5, 5.41) is 20.3. The monoisotopic (exact) mass is 675 g/mol. The number of rotatable bonds is 6. The van der Waals surface area contributed by atoms with E-state index in [0.29, 0.717) is 72.0 Å². The third kappa shape index (κ3) is 5.54. The molecule has 1 N–H and O–H groups in total. The summed E-state index contributed by atoms with van der Waals surface area (Å²) in [5.41, 5.74) is 4.14. The van der Waals surface area contributed by atoms with Crippen molar-refractivity contribution in [2.75, 3.05) is 42.7 Å². The first kappa shape index (κ1) is 31.9. The van der Waals surface area contributed by atoms with Gasteiger partial charge in [0.15, 0.2) is 11.4 Å². The summed E-state index contributed by atoms with van der Waals surface area (Å²) >= 11 is 0. The molecule has 0 radical (unpaired) electrons. The van der Waals surface area contributed by atoms with E-state index in [2.05, 4.69) is 38.8 Å². The zero-order valence-electron chi connectivity index (χ0n) is 28.3. The summed E-state index contributed by atoms with van der Waals surface area (Å²) in [6.07, 6.45) is 1.38. The molecule has 13 nitrogen and oxygen atoms in total. The highest BCUT2D eigenvalue weighted by atomic mass is 16.6. The number of hydrogen-bond acceptors (Lipinski definition) is 12. The molecule has 3 atom stereocenters. The minimum Gasteiger partial charge on any atom is -0.480 e. The summed E-state index contributed by atoms with van der Waals surface area (Å²) in [6, 6.07) is 12.3. The van der Waals surface area contributed by atoms with Gasteiger partial charge in [0, 0.05) is 42.1 Å². The molecule has 4 aromatic heterocycles. The molecule has 1 spiro atoms. The minimum absolute atomic E-state index is 0.00567. The van der Waals surface area contributed by atoms with Crippen LogP contribution in [0.1, 0.15) is 55.9 Å². The maximum atomic E-state index is 12.8. The highest BCUT2D eigenvalue weighted by Gasteiger charge is 2.50. The number of ether oxygens (including phenoxy) is 3. The second kappa shape index (κ2) is 12.5. The summed E-state index contributed by atoms with van der Waals surface area (Å²) in [7, 11) is 0. The van der Waals surface area contributed by atoms with Gasteiger partial charge in [-0.05, 0) is 44.0 Å². The summed E-state index contributed by atoms with van der Waals surface area (Å²) < 4.78 is 24.7. The number of pyridine rings is 1. The van der Waals surface area contributed by atoms with E-state index in [1.165, 1.54) is 0 Å². The number of carboxylic acids is 1. The molecular formula is C37H37N7O6. The number of aromatic nitrogens is 5. The van der Waals surface area contributed by atoms with Gasteiger partial charge in [0.2, 0.25) is 0 Å². The van der Waals surface area contributed by atoms with Crippen molar-refractivity contribution in [3.05, 3.63) is 71.4 Å². The van der Waals surface area contributed by atoms with E-state index in [-0.39, 0.29) is 24.9 Å². The quantitative estimate of drug-likeness (QED) is 0.252. The SMILES string of the molecule is Cc1ncccc1C#Cc1cc(N2CCOC3(COC3)[C@@H]2C)c(O[C@H]2C[C@@H](C(=O)O)N(c3nc(C(C)C)nc4c3oc3ccccc34)C2)nn1. The van der Waals surface area contributed by atoms with Crippen LogP contribution in [0.5, 0.6) is 5.88 Å². The second-order valence-corrected chi connectivity index (χ2v) is 13.4. The molecule has 7 heterocycles. The first-order valence-corrected chi connectivity index (χ1v) is 16.9. The van der Waals surface area contributed by atoms with Gasteiger partial charge >= 0.3 is 5.97 Å². The van der Waals surface area contributed by atoms with Crippen LogP contribution in [-0.4, -0.2) is 92.9 Å². The Morgan fingerprint density at radius 1 is 1.10 bits per heavy atom. The van der Waals surface area contributed by atoms with Gasteiger partial charge in [0.05, 0.1) is 38.1 Å². The predicted molar refractivity (Wildman–Crippen MR) is 184 cm³/mol. The summed E-state index contributed by atoms with van der Waals surface area (Å²) in [6.45, 7) is 10.4. The second-order valence-electron chi connectivity index (χ2n) is 13.4. The Balaban J connectivity index is 1.16. The zero-order chi connectivity index (χ0) is 34.6. The standard InChI is InChI=1S/C37H37N7O6/c1-21(2)33-39-31-27-9-5-6-10-30(27)50-32(31)34(40-33)44-18-26(17-29(44)36(45)46)49-35-28(43-14-15-48-37(23(43)4)19-47-20-37)16-25(41-42-35)12-11-24-8-7-13-38-22(24)3/h5-10,13,16,21,23,26,29H,14-15,17-20H2,1-4H3,(H,45,46)/t23-,26-,29-/m0/s1. The Hall–Kier alpha value is -5.32. The van der Waals surface area contributed by atoms with Crippen molar-refractivity contribution < 1.29 is 28.5 Å². The van der Waals surface area contributed by atoms with Crippen molar-refractivity contribution in [1.82, 2.24) is 25.1 Å². The molecule has 0 aliphatic carbocycles. The molecule has 256 valence electrons. The molecule has 3 aliphatic rings. The van der Waals surface area contributed by atoms with Crippen LogP contribution in [0, 0.1) is 18.8 Å². The Labute approximate surface area is 288 Å². The molecule has 5 aromatic rings. The lowest BCUT2D eigenvalue weighted by Gasteiger charge is -2.53. The number of benzene rings is 1. The number of aliphatic carboxylic acids is 1. The van der Waals surface area contributed by atoms with Gasteiger partial charge in [-0.25, -0.2) is 14.8 Å². The molecule has 3 fully saturated rings. The van der Waals surface area contributed by atoms with Crippen LogP contribution in [0.15, 0.2) is 53.1 Å². The third-order valence-corrected chi connectivity index (χ3v) is 9.86. The Morgan fingerprint density at radius 3 is 2.70 bits per heavy atom. The Morgan fingerprint density at radius 2 is 1.94 bits per heavy atom.